The summed E-state index contributed by atoms with van der Waals surface area (Å²) in [6, 6.07) is 0. The fourth-order valence-corrected chi connectivity index (χ4v) is 1.13. The molecule has 2 unspecified atom stereocenters. The molecule has 0 aromatic carbocycles. The van der Waals surface area contributed by atoms with E-state index < -0.39 is 11.4 Å². The van der Waals surface area contributed by atoms with Gasteiger partial charge >= 0.3 is 11.4 Å². The lowest BCUT2D eigenvalue weighted by atomic mass is 10.2. The van der Waals surface area contributed by atoms with Crippen molar-refractivity contribution >= 4 is 11.4 Å². The fourth-order valence-electron chi connectivity index (χ4n) is 0.678. The SMILES string of the molecule is CC=CCC(CC)OS(=O)O. The van der Waals surface area contributed by atoms with Crippen molar-refractivity contribution in [1.82, 2.24) is 0 Å². The molecule has 0 aliphatic heterocycles. The van der Waals surface area contributed by atoms with Gasteiger partial charge in [-0.25, -0.2) is 0 Å². The molecule has 0 aliphatic rings. The number of rotatable bonds is 5. The monoisotopic (exact) mass is 178 g/mol. The van der Waals surface area contributed by atoms with E-state index in [1.807, 2.05) is 26.0 Å². The summed E-state index contributed by atoms with van der Waals surface area (Å²) >= 11 is -2.13. The summed E-state index contributed by atoms with van der Waals surface area (Å²) in [5, 5.41) is 0. The van der Waals surface area contributed by atoms with Gasteiger partial charge in [0.2, 0.25) is 0 Å². The van der Waals surface area contributed by atoms with Gasteiger partial charge in [0.25, 0.3) is 0 Å². The molecule has 0 fully saturated rings. The molecule has 4 heteroatoms. The topological polar surface area (TPSA) is 46.5 Å². The van der Waals surface area contributed by atoms with Crippen molar-refractivity contribution in [2.75, 3.05) is 0 Å². The molecular formula is C7H14O3S. The first-order chi connectivity index (χ1) is 5.20. The smallest absolute Gasteiger partial charge is 0.284 e. The Morgan fingerprint density at radius 2 is 2.36 bits per heavy atom. The van der Waals surface area contributed by atoms with Crippen LogP contribution in [0.3, 0.4) is 0 Å². The van der Waals surface area contributed by atoms with Crippen LogP contribution in [0.4, 0.5) is 0 Å². The summed E-state index contributed by atoms with van der Waals surface area (Å²) in [6.45, 7) is 3.82. The third-order valence-corrected chi connectivity index (χ3v) is 1.75. The minimum Gasteiger partial charge on any atom is -0.284 e. The molecule has 0 saturated carbocycles. The first-order valence-corrected chi connectivity index (χ1v) is 4.63. The van der Waals surface area contributed by atoms with E-state index in [9.17, 15) is 4.21 Å². The van der Waals surface area contributed by atoms with Crippen molar-refractivity contribution in [3.05, 3.63) is 12.2 Å². The molecule has 66 valence electrons. The molecule has 0 rings (SSSR count). The van der Waals surface area contributed by atoms with Crippen molar-refractivity contribution < 1.29 is 12.9 Å². The van der Waals surface area contributed by atoms with Gasteiger partial charge in [0, 0.05) is 0 Å². The maximum Gasteiger partial charge on any atom is 0.302 e. The average Bonchev–Trinajstić information content (AvgIpc) is 1.97. The minimum absolute atomic E-state index is 0.142. The Kier molecular flexibility index (Phi) is 6.40. The summed E-state index contributed by atoms with van der Waals surface area (Å²) in [4.78, 5) is 0. The molecule has 3 nitrogen and oxygen atoms in total. The summed E-state index contributed by atoms with van der Waals surface area (Å²) in [6.07, 6.45) is 5.11. The van der Waals surface area contributed by atoms with E-state index in [-0.39, 0.29) is 6.10 Å². The predicted octanol–water partition coefficient (Wildman–Crippen LogP) is 1.88. The van der Waals surface area contributed by atoms with Gasteiger partial charge in [0.15, 0.2) is 0 Å². The third kappa shape index (κ3) is 6.22. The number of hydrogen-bond donors (Lipinski definition) is 1. The highest BCUT2D eigenvalue weighted by Crippen LogP contribution is 2.05. The Balaban J connectivity index is 3.66. The summed E-state index contributed by atoms with van der Waals surface area (Å²) in [5.41, 5.74) is 0. The molecule has 0 aliphatic carbocycles. The highest BCUT2D eigenvalue weighted by atomic mass is 32.2. The zero-order valence-electron chi connectivity index (χ0n) is 6.82. The largest absolute Gasteiger partial charge is 0.302 e. The van der Waals surface area contributed by atoms with Crippen LogP contribution in [-0.4, -0.2) is 14.9 Å². The van der Waals surface area contributed by atoms with Gasteiger partial charge in [-0.05, 0) is 19.8 Å². The predicted molar refractivity (Wildman–Crippen MR) is 45.4 cm³/mol. The van der Waals surface area contributed by atoms with Crippen LogP contribution in [0.2, 0.25) is 0 Å². The van der Waals surface area contributed by atoms with E-state index in [1.54, 1.807) is 0 Å². The van der Waals surface area contributed by atoms with E-state index in [0.29, 0.717) is 6.42 Å². The van der Waals surface area contributed by atoms with Crippen LogP contribution < -0.4 is 0 Å². The van der Waals surface area contributed by atoms with Crippen LogP contribution in [0, 0.1) is 0 Å². The molecular weight excluding hydrogens is 164 g/mol. The quantitative estimate of drug-likeness (QED) is 0.516. The second kappa shape index (κ2) is 6.52. The van der Waals surface area contributed by atoms with Gasteiger partial charge in [0.1, 0.15) is 0 Å². The molecule has 0 amide bonds. The van der Waals surface area contributed by atoms with Crippen molar-refractivity contribution in [2.45, 2.75) is 32.8 Å². The maximum absolute atomic E-state index is 10.2. The Morgan fingerprint density at radius 3 is 2.73 bits per heavy atom. The van der Waals surface area contributed by atoms with Gasteiger partial charge in [-0.2, -0.15) is 4.21 Å². The van der Waals surface area contributed by atoms with Gasteiger partial charge in [-0.15, -0.1) is 0 Å². The molecule has 0 aromatic heterocycles. The Hall–Kier alpha value is -0.190. The number of allylic oxidation sites excluding steroid dienone is 1. The lowest BCUT2D eigenvalue weighted by Gasteiger charge is -2.08. The van der Waals surface area contributed by atoms with Crippen molar-refractivity contribution in [3.63, 3.8) is 0 Å². The van der Waals surface area contributed by atoms with Crippen LogP contribution in [-0.2, 0) is 15.5 Å². The molecule has 0 saturated heterocycles. The normalized spacial score (nSPS) is 17.0. The lowest BCUT2D eigenvalue weighted by Crippen LogP contribution is -2.11. The highest BCUT2D eigenvalue weighted by Gasteiger charge is 2.06. The van der Waals surface area contributed by atoms with Gasteiger partial charge in [-0.3, -0.25) is 8.74 Å². The lowest BCUT2D eigenvalue weighted by molar-refractivity contribution is 0.202. The molecule has 11 heavy (non-hydrogen) atoms. The summed E-state index contributed by atoms with van der Waals surface area (Å²) in [7, 11) is 0. The highest BCUT2D eigenvalue weighted by molar-refractivity contribution is 7.74. The zero-order chi connectivity index (χ0) is 8.69. The van der Waals surface area contributed by atoms with Crippen LogP contribution in [0.15, 0.2) is 12.2 Å². The number of hydrogen-bond acceptors (Lipinski definition) is 2. The van der Waals surface area contributed by atoms with Crippen LogP contribution in [0.5, 0.6) is 0 Å². The standard InChI is InChI=1S/C7H14O3S/c1-3-5-6-7(4-2)10-11(8)9/h3,5,7H,4,6H2,1-2H3,(H,8,9). The van der Waals surface area contributed by atoms with Gasteiger partial charge in [-0.1, -0.05) is 19.1 Å². The minimum atomic E-state index is -2.13. The fraction of sp³-hybridized carbons (Fsp3) is 0.714. The Morgan fingerprint density at radius 1 is 1.73 bits per heavy atom. The molecule has 0 spiro atoms. The Bertz CT molecular complexity index is 145. The molecule has 2 atom stereocenters. The first kappa shape index (κ1) is 10.8. The van der Waals surface area contributed by atoms with Crippen LogP contribution in [0.1, 0.15) is 26.7 Å². The van der Waals surface area contributed by atoms with E-state index in [0.717, 1.165) is 6.42 Å². The summed E-state index contributed by atoms with van der Waals surface area (Å²) < 4.78 is 23.3. The maximum atomic E-state index is 10.2. The molecule has 1 N–H and O–H groups in total. The van der Waals surface area contributed by atoms with Crippen LogP contribution in [0.25, 0.3) is 0 Å². The van der Waals surface area contributed by atoms with E-state index >= 15 is 0 Å². The van der Waals surface area contributed by atoms with Crippen molar-refractivity contribution in [3.8, 4) is 0 Å². The third-order valence-electron chi connectivity index (χ3n) is 1.31. The van der Waals surface area contributed by atoms with Crippen molar-refractivity contribution in [1.29, 1.82) is 0 Å². The second-order valence-corrected chi connectivity index (χ2v) is 2.78. The van der Waals surface area contributed by atoms with Gasteiger partial charge < -0.3 is 0 Å². The van der Waals surface area contributed by atoms with Crippen molar-refractivity contribution in [2.24, 2.45) is 0 Å². The molecule has 0 bridgehead atoms. The van der Waals surface area contributed by atoms with Crippen LogP contribution >= 0.6 is 0 Å². The van der Waals surface area contributed by atoms with E-state index in [1.165, 1.54) is 0 Å². The molecule has 0 radical (unpaired) electrons. The average molecular weight is 178 g/mol. The van der Waals surface area contributed by atoms with E-state index in [2.05, 4.69) is 4.18 Å². The molecule has 0 heterocycles. The molecule has 0 aromatic rings. The first-order valence-electron chi connectivity index (χ1n) is 3.59. The van der Waals surface area contributed by atoms with Gasteiger partial charge in [0.05, 0.1) is 6.10 Å². The Labute approximate surface area is 69.9 Å². The zero-order valence-corrected chi connectivity index (χ0v) is 7.63. The van der Waals surface area contributed by atoms with E-state index in [4.69, 9.17) is 4.55 Å². The summed E-state index contributed by atoms with van der Waals surface area (Å²) in [5.74, 6) is 0. The second-order valence-electron chi connectivity index (χ2n) is 2.15.